The van der Waals surface area contributed by atoms with Gasteiger partial charge >= 0.3 is 11.9 Å². The van der Waals surface area contributed by atoms with Crippen LogP contribution in [0.4, 0.5) is 0 Å². The number of aliphatic hydroxyl groups is 2. The van der Waals surface area contributed by atoms with Crippen LogP contribution in [0.25, 0.3) is 0 Å². The van der Waals surface area contributed by atoms with Crippen molar-refractivity contribution in [3.05, 3.63) is 23.3 Å². The van der Waals surface area contributed by atoms with E-state index in [2.05, 4.69) is 20.8 Å². The largest absolute Gasteiger partial charge is 0.461 e. The Morgan fingerprint density at radius 2 is 1.49 bits per heavy atom. The first-order valence-corrected chi connectivity index (χ1v) is 19.9. The molecule has 0 aromatic carbocycles. The lowest BCUT2D eigenvalue weighted by atomic mass is 9.59. The summed E-state index contributed by atoms with van der Waals surface area (Å²) in [6.07, 6.45) is 17.8. The Hall–Kier alpha value is -1.99. The molecule has 278 valence electrons. The van der Waals surface area contributed by atoms with E-state index >= 15 is 0 Å². The van der Waals surface area contributed by atoms with Crippen LogP contribution in [0, 0.1) is 46.3 Å². The second-order valence-electron chi connectivity index (χ2n) is 17.2. The number of esters is 2. The third-order valence-corrected chi connectivity index (χ3v) is 13.2. The fourth-order valence-corrected chi connectivity index (χ4v) is 9.60. The van der Waals surface area contributed by atoms with Crippen LogP contribution in [-0.2, 0) is 23.9 Å². The molecule has 0 aromatic rings. The van der Waals surface area contributed by atoms with Gasteiger partial charge in [-0.25, -0.2) is 0 Å². The Balaban J connectivity index is 1.39. The number of ketones is 1. The van der Waals surface area contributed by atoms with Gasteiger partial charge < -0.3 is 19.7 Å². The highest BCUT2D eigenvalue weighted by molar-refractivity contribution is 5.95. The maximum atomic E-state index is 14.8. The van der Waals surface area contributed by atoms with Crippen LogP contribution in [0.1, 0.15) is 152 Å². The van der Waals surface area contributed by atoms with E-state index in [9.17, 15) is 24.6 Å². The molecule has 0 heterocycles. The summed E-state index contributed by atoms with van der Waals surface area (Å²) in [5.41, 5.74) is -2.74. The molecule has 1 spiro atoms. The van der Waals surface area contributed by atoms with Crippen LogP contribution in [0.3, 0.4) is 0 Å². The van der Waals surface area contributed by atoms with E-state index in [1.54, 1.807) is 26.0 Å². The predicted octanol–water partition coefficient (Wildman–Crippen LogP) is 8.69. The number of hydrogen-bond acceptors (Lipinski definition) is 7. The molecule has 7 nitrogen and oxygen atoms in total. The van der Waals surface area contributed by atoms with Crippen molar-refractivity contribution in [1.29, 1.82) is 0 Å². The molecule has 2 fully saturated rings. The van der Waals surface area contributed by atoms with Crippen molar-refractivity contribution in [3.63, 3.8) is 0 Å². The van der Waals surface area contributed by atoms with E-state index in [1.165, 1.54) is 64.2 Å². The van der Waals surface area contributed by atoms with Crippen molar-refractivity contribution in [3.8, 4) is 0 Å². The van der Waals surface area contributed by atoms with Gasteiger partial charge in [-0.3, -0.25) is 14.4 Å². The number of Topliss-reactive ketones (excluding diaryl/α,β-unsaturated/α-hetero) is 1. The minimum atomic E-state index is -2.12. The van der Waals surface area contributed by atoms with Crippen LogP contribution in [0.15, 0.2) is 23.3 Å². The number of fused-ring (bicyclic) bond motifs is 3. The zero-order chi connectivity index (χ0) is 36.1. The fraction of sp³-hybridized carbons (Fsp3) is 0.833. The van der Waals surface area contributed by atoms with Gasteiger partial charge in [-0.1, -0.05) is 138 Å². The van der Waals surface area contributed by atoms with E-state index in [0.717, 1.165) is 25.7 Å². The van der Waals surface area contributed by atoms with E-state index in [-0.39, 0.29) is 47.4 Å². The summed E-state index contributed by atoms with van der Waals surface area (Å²) in [5, 5.41) is 25.0. The van der Waals surface area contributed by atoms with E-state index in [4.69, 9.17) is 9.47 Å². The Labute approximate surface area is 297 Å². The number of unbranched alkanes of at least 4 members (excludes halogenated alkanes) is 12. The second kappa shape index (κ2) is 16.6. The molecular weight excluding hydrogens is 616 g/mol. The third-order valence-electron chi connectivity index (χ3n) is 13.2. The van der Waals surface area contributed by atoms with Crippen molar-refractivity contribution in [2.24, 2.45) is 46.3 Å². The van der Waals surface area contributed by atoms with Crippen molar-refractivity contribution in [2.45, 2.75) is 170 Å². The smallest absolute Gasteiger partial charge is 0.309 e. The lowest BCUT2D eigenvalue weighted by molar-refractivity contribution is -0.206. The summed E-state index contributed by atoms with van der Waals surface area (Å²) < 4.78 is 11.8. The highest BCUT2D eigenvalue weighted by Gasteiger charge is 2.76. The maximum Gasteiger partial charge on any atom is 0.309 e. The molecule has 9 atom stereocenters. The average molecular weight is 685 g/mol. The van der Waals surface area contributed by atoms with Crippen LogP contribution >= 0.6 is 0 Å². The van der Waals surface area contributed by atoms with Crippen molar-refractivity contribution in [1.82, 2.24) is 0 Å². The van der Waals surface area contributed by atoms with Crippen molar-refractivity contribution >= 4 is 17.7 Å². The van der Waals surface area contributed by atoms with E-state index < -0.39 is 41.0 Å². The van der Waals surface area contributed by atoms with Gasteiger partial charge in [-0.15, -0.1) is 0 Å². The van der Waals surface area contributed by atoms with Crippen molar-refractivity contribution in [2.75, 3.05) is 6.61 Å². The summed E-state index contributed by atoms with van der Waals surface area (Å²) >= 11 is 0. The molecule has 2 saturated carbocycles. The maximum absolute atomic E-state index is 14.8. The number of rotatable bonds is 19. The normalized spacial score (nSPS) is 33.5. The van der Waals surface area contributed by atoms with E-state index in [0.29, 0.717) is 17.6 Å². The molecular formula is C42H68O7. The van der Waals surface area contributed by atoms with Crippen molar-refractivity contribution < 1.29 is 34.1 Å². The molecule has 4 aliphatic carbocycles. The first-order chi connectivity index (χ1) is 23.2. The summed E-state index contributed by atoms with van der Waals surface area (Å²) in [4.78, 5) is 41.0. The number of carbonyl (C=O) groups excluding carboxylic acids is 3. The zero-order valence-electron chi connectivity index (χ0n) is 32.0. The van der Waals surface area contributed by atoms with Gasteiger partial charge in [0.1, 0.15) is 12.7 Å². The summed E-state index contributed by atoms with van der Waals surface area (Å²) in [5.74, 6) is -1.88. The molecule has 2 N–H and O–H groups in total. The summed E-state index contributed by atoms with van der Waals surface area (Å²) in [7, 11) is 0. The Morgan fingerprint density at radius 3 is 2.04 bits per heavy atom. The van der Waals surface area contributed by atoms with Gasteiger partial charge in [0, 0.05) is 12.3 Å². The van der Waals surface area contributed by atoms with Gasteiger partial charge in [-0.2, -0.15) is 0 Å². The topological polar surface area (TPSA) is 110 Å². The molecule has 4 aliphatic rings. The Morgan fingerprint density at radius 1 is 0.939 bits per heavy atom. The molecule has 4 rings (SSSR count). The molecule has 0 aliphatic heterocycles. The molecule has 1 unspecified atom stereocenters. The Bertz CT molecular complexity index is 1230. The first kappa shape index (κ1) is 39.8. The van der Waals surface area contributed by atoms with Gasteiger partial charge in [0.15, 0.2) is 17.5 Å². The third kappa shape index (κ3) is 7.93. The first-order valence-electron chi connectivity index (χ1n) is 19.9. The minimum Gasteiger partial charge on any atom is -0.461 e. The van der Waals surface area contributed by atoms with Gasteiger partial charge in [0.25, 0.3) is 0 Å². The number of aliphatic hydroxyl groups excluding tert-OH is 1. The van der Waals surface area contributed by atoms with Crippen LogP contribution < -0.4 is 0 Å². The Kier molecular flexibility index (Phi) is 13.5. The highest BCUT2D eigenvalue weighted by atomic mass is 16.6. The fourth-order valence-electron chi connectivity index (χ4n) is 9.60. The molecule has 7 heteroatoms. The lowest BCUT2D eigenvalue weighted by Gasteiger charge is -2.49. The number of hydrogen-bond donors (Lipinski definition) is 2. The quantitative estimate of drug-likeness (QED) is 0.0796. The molecule has 0 saturated heterocycles. The number of carbonyl (C=O) groups is 3. The zero-order valence-corrected chi connectivity index (χ0v) is 32.0. The molecule has 0 radical (unpaired) electrons. The monoisotopic (exact) mass is 684 g/mol. The number of ether oxygens (including phenoxy) is 2. The summed E-state index contributed by atoms with van der Waals surface area (Å²) in [6.45, 7) is 15.8. The molecule has 2 bridgehead atoms. The van der Waals surface area contributed by atoms with Crippen LogP contribution in [-0.4, -0.2) is 52.4 Å². The van der Waals surface area contributed by atoms with Crippen LogP contribution in [0.2, 0.25) is 0 Å². The highest BCUT2D eigenvalue weighted by Crippen LogP contribution is 2.71. The van der Waals surface area contributed by atoms with Crippen LogP contribution in [0.5, 0.6) is 0 Å². The molecule has 0 amide bonds. The van der Waals surface area contributed by atoms with Gasteiger partial charge in [0.05, 0.1) is 11.3 Å². The SMILES string of the molecule is CCCCCCCCCCCCCCCC(=O)OCC1=C[C@@H]2C(=O)[C@]3(C=C(C)[C@H](OC(=O)C(C)C(C)C)[C@@]3(O)[C@@H]1O)[C@H](C)C[C@@H]1[C@H]2C1(C)C. The average Bonchev–Trinajstić information content (AvgIpc) is 3.54. The predicted molar refractivity (Wildman–Crippen MR) is 193 cm³/mol. The van der Waals surface area contributed by atoms with Gasteiger partial charge in [-0.05, 0) is 60.0 Å². The minimum absolute atomic E-state index is 0.0165. The molecule has 49 heavy (non-hydrogen) atoms. The number of allylic oxidation sites excluding steroid dienone is 1. The van der Waals surface area contributed by atoms with E-state index in [1.807, 2.05) is 20.8 Å². The standard InChI is InChI=1S/C42H68O7/c1-9-10-11-12-13-14-15-16-17-18-19-20-21-22-34(43)48-26-31-24-32-35-33(40(35,7)8)23-29(5)41(37(32)45)25-28(4)38(42(41,47)36(31)44)49-39(46)30(6)27(2)3/h24-25,27,29-30,32-33,35-36,38,44,47H,9-23,26H2,1-8H3/t29-,30?,32+,33-,35+,36-,38+,41+,42+/m1/s1. The molecule has 0 aromatic heterocycles. The summed E-state index contributed by atoms with van der Waals surface area (Å²) in [6, 6.07) is 0. The lowest BCUT2D eigenvalue weighted by Crippen LogP contribution is -2.66. The second-order valence-corrected chi connectivity index (χ2v) is 17.2. The van der Waals surface area contributed by atoms with Gasteiger partial charge in [0.2, 0.25) is 0 Å².